The van der Waals surface area contributed by atoms with Crippen molar-refractivity contribution in [2.75, 3.05) is 22.1 Å². The zero-order chi connectivity index (χ0) is 26.3. The summed E-state index contributed by atoms with van der Waals surface area (Å²) in [5, 5.41) is 5.67. The average molecular weight is 509 g/mol. The van der Waals surface area contributed by atoms with Crippen molar-refractivity contribution in [2.24, 2.45) is 0 Å². The number of hydrogen-bond donors (Lipinski definition) is 2. The first-order valence-corrected chi connectivity index (χ1v) is 13.0. The Hall–Kier alpha value is -4.33. The summed E-state index contributed by atoms with van der Waals surface area (Å²) in [7, 11) is 0. The first-order chi connectivity index (χ1) is 18.5. The molecular weight excluding hydrogens is 480 g/mol. The van der Waals surface area contributed by atoms with Crippen molar-refractivity contribution in [3.8, 4) is 0 Å². The minimum atomic E-state index is -0.711. The lowest BCUT2D eigenvalue weighted by molar-refractivity contribution is -0.129. The van der Waals surface area contributed by atoms with Crippen molar-refractivity contribution in [3.05, 3.63) is 83.0 Å². The van der Waals surface area contributed by atoms with Crippen LogP contribution in [-0.4, -0.2) is 35.5 Å². The van der Waals surface area contributed by atoms with Gasteiger partial charge in [-0.15, -0.1) is 0 Å². The van der Waals surface area contributed by atoms with Crippen molar-refractivity contribution in [3.63, 3.8) is 0 Å². The lowest BCUT2D eigenvalue weighted by Gasteiger charge is -2.31. The number of benzene rings is 2. The summed E-state index contributed by atoms with van der Waals surface area (Å²) < 4.78 is 0. The van der Waals surface area contributed by atoms with Gasteiger partial charge < -0.3 is 15.5 Å². The van der Waals surface area contributed by atoms with E-state index < -0.39 is 5.41 Å². The molecule has 3 aromatic rings. The molecule has 3 amide bonds. The molecule has 0 bridgehead atoms. The van der Waals surface area contributed by atoms with Gasteiger partial charge >= 0.3 is 0 Å². The van der Waals surface area contributed by atoms with Crippen LogP contribution in [0.5, 0.6) is 0 Å². The molecule has 38 heavy (non-hydrogen) atoms. The van der Waals surface area contributed by atoms with Gasteiger partial charge in [0, 0.05) is 30.4 Å². The third-order valence-electron chi connectivity index (χ3n) is 8.22. The summed E-state index contributed by atoms with van der Waals surface area (Å²) in [6.07, 6.45) is 5.67. The van der Waals surface area contributed by atoms with E-state index in [1.54, 1.807) is 11.1 Å². The predicted octanol–water partition coefficient (Wildman–Crippen LogP) is 3.90. The SMILES string of the molecule is O=CNc1ncccc1C1Cc2ccc(NC(=O)CN3C(=O)C4(CCC(=O)CC4)c4ccccc43)cc2C1. The van der Waals surface area contributed by atoms with Gasteiger partial charge in [-0.3, -0.25) is 19.2 Å². The number of amides is 3. The Balaban J connectivity index is 1.17. The molecule has 1 aromatic heterocycles. The number of carbonyl (C=O) groups excluding carboxylic acids is 4. The summed E-state index contributed by atoms with van der Waals surface area (Å²) in [4.78, 5) is 55.5. The summed E-state index contributed by atoms with van der Waals surface area (Å²) in [5.41, 5.74) is 4.99. The van der Waals surface area contributed by atoms with Gasteiger partial charge in [-0.05, 0) is 78.1 Å². The van der Waals surface area contributed by atoms with Gasteiger partial charge in [-0.2, -0.15) is 0 Å². The molecule has 0 saturated heterocycles. The van der Waals surface area contributed by atoms with Gasteiger partial charge in [0.15, 0.2) is 0 Å². The highest BCUT2D eigenvalue weighted by atomic mass is 16.2. The van der Waals surface area contributed by atoms with Crippen LogP contribution in [0.3, 0.4) is 0 Å². The maximum atomic E-state index is 13.6. The second kappa shape index (κ2) is 9.52. The highest BCUT2D eigenvalue weighted by Crippen LogP contribution is 2.49. The van der Waals surface area contributed by atoms with E-state index in [9.17, 15) is 19.2 Å². The fourth-order valence-corrected chi connectivity index (χ4v) is 6.38. The molecule has 2 aliphatic carbocycles. The number of anilines is 3. The topological polar surface area (TPSA) is 108 Å². The molecule has 6 rings (SSSR count). The number of aromatic nitrogens is 1. The van der Waals surface area contributed by atoms with Crippen LogP contribution < -0.4 is 15.5 Å². The number of Topliss-reactive ketones (excluding diaryl/α,β-unsaturated/α-hetero) is 1. The smallest absolute Gasteiger partial charge is 0.244 e. The van der Waals surface area contributed by atoms with Crippen molar-refractivity contribution in [1.29, 1.82) is 0 Å². The molecule has 1 fully saturated rings. The summed E-state index contributed by atoms with van der Waals surface area (Å²) in [6, 6.07) is 17.4. The molecule has 8 nitrogen and oxygen atoms in total. The Morgan fingerprint density at radius 2 is 1.82 bits per heavy atom. The fourth-order valence-electron chi connectivity index (χ4n) is 6.38. The van der Waals surface area contributed by atoms with E-state index in [1.807, 2.05) is 54.6 Å². The molecule has 0 radical (unpaired) electrons. The van der Waals surface area contributed by atoms with Crippen molar-refractivity contribution in [1.82, 2.24) is 4.98 Å². The van der Waals surface area contributed by atoms with Crippen LogP contribution in [0, 0.1) is 0 Å². The van der Waals surface area contributed by atoms with Crippen molar-refractivity contribution < 1.29 is 19.2 Å². The van der Waals surface area contributed by atoms with Crippen LogP contribution in [-0.2, 0) is 37.4 Å². The average Bonchev–Trinajstić information content (AvgIpc) is 3.44. The van der Waals surface area contributed by atoms with Crippen LogP contribution in [0.25, 0.3) is 0 Å². The van der Waals surface area contributed by atoms with Gasteiger partial charge in [0.05, 0.1) is 5.41 Å². The quantitative estimate of drug-likeness (QED) is 0.491. The van der Waals surface area contributed by atoms with E-state index in [0.717, 1.165) is 35.2 Å². The van der Waals surface area contributed by atoms with Gasteiger partial charge in [0.2, 0.25) is 18.2 Å². The highest BCUT2D eigenvalue weighted by Gasteiger charge is 2.52. The standard InChI is InChI=1S/C30H28N4O4/c35-18-32-28-24(4-3-13-31-28)21-14-19-7-8-22(16-20(19)15-21)33-27(37)17-34-26-6-2-1-5-25(26)30(29(34)38)11-9-23(36)10-12-30/h1-8,13,16,18,21H,9-12,14-15,17H2,(H,33,37)(H,31,32,35). The van der Waals surface area contributed by atoms with Gasteiger partial charge in [0.25, 0.3) is 0 Å². The van der Waals surface area contributed by atoms with E-state index in [4.69, 9.17) is 0 Å². The largest absolute Gasteiger partial charge is 0.325 e. The zero-order valence-electron chi connectivity index (χ0n) is 20.9. The molecule has 1 atom stereocenters. The Morgan fingerprint density at radius 1 is 1.03 bits per heavy atom. The van der Waals surface area contributed by atoms with Crippen LogP contribution >= 0.6 is 0 Å². The number of fused-ring (bicyclic) bond motifs is 3. The number of nitrogens with zero attached hydrogens (tertiary/aromatic N) is 2. The normalized spacial score (nSPS) is 19.3. The molecule has 1 spiro atoms. The van der Waals surface area contributed by atoms with Crippen molar-refractivity contribution >= 4 is 41.2 Å². The lowest BCUT2D eigenvalue weighted by Crippen LogP contribution is -2.45. The molecular formula is C30H28N4O4. The maximum Gasteiger partial charge on any atom is 0.244 e. The number of nitrogens with one attached hydrogen (secondary N) is 2. The Labute approximate surface area is 220 Å². The number of pyridine rings is 1. The number of ketones is 1. The summed E-state index contributed by atoms with van der Waals surface area (Å²) in [6.45, 7) is -0.0817. The third kappa shape index (κ3) is 4.06. The molecule has 3 aliphatic rings. The van der Waals surface area contributed by atoms with E-state index in [0.29, 0.717) is 43.6 Å². The first-order valence-electron chi connectivity index (χ1n) is 13.0. The van der Waals surface area contributed by atoms with E-state index in [-0.39, 0.29) is 30.1 Å². The third-order valence-corrected chi connectivity index (χ3v) is 8.22. The van der Waals surface area contributed by atoms with Gasteiger partial charge in [-0.25, -0.2) is 4.98 Å². The molecule has 2 heterocycles. The zero-order valence-corrected chi connectivity index (χ0v) is 20.9. The second-order valence-electron chi connectivity index (χ2n) is 10.4. The minimum absolute atomic E-state index is 0.0817. The summed E-state index contributed by atoms with van der Waals surface area (Å²) >= 11 is 0. The number of hydrogen-bond acceptors (Lipinski definition) is 5. The van der Waals surface area contributed by atoms with E-state index >= 15 is 0 Å². The summed E-state index contributed by atoms with van der Waals surface area (Å²) in [5.74, 6) is 0.593. The predicted molar refractivity (Wildman–Crippen MR) is 143 cm³/mol. The number of rotatable bonds is 6. The Morgan fingerprint density at radius 3 is 2.63 bits per heavy atom. The monoisotopic (exact) mass is 508 g/mol. The molecule has 2 aromatic carbocycles. The highest BCUT2D eigenvalue weighted by molar-refractivity contribution is 6.12. The number of carbonyl (C=O) groups is 4. The van der Waals surface area contributed by atoms with Gasteiger partial charge in [0.1, 0.15) is 18.1 Å². The molecule has 1 saturated carbocycles. The maximum absolute atomic E-state index is 13.6. The number of para-hydroxylation sites is 1. The molecule has 8 heteroatoms. The van der Waals surface area contributed by atoms with Crippen LogP contribution in [0.15, 0.2) is 60.8 Å². The van der Waals surface area contributed by atoms with Crippen LogP contribution in [0.1, 0.15) is 53.9 Å². The fraction of sp³-hybridized carbons (Fsp3) is 0.300. The van der Waals surface area contributed by atoms with E-state index in [2.05, 4.69) is 15.6 Å². The molecule has 192 valence electrons. The molecule has 2 N–H and O–H groups in total. The van der Waals surface area contributed by atoms with Crippen molar-refractivity contribution in [2.45, 2.75) is 49.9 Å². The van der Waals surface area contributed by atoms with Crippen LogP contribution in [0.4, 0.5) is 17.2 Å². The van der Waals surface area contributed by atoms with E-state index in [1.165, 1.54) is 5.56 Å². The first kappa shape index (κ1) is 24.0. The Kier molecular flexibility index (Phi) is 6.02. The van der Waals surface area contributed by atoms with Gasteiger partial charge in [-0.1, -0.05) is 30.3 Å². The molecule has 1 unspecified atom stereocenters. The second-order valence-corrected chi connectivity index (χ2v) is 10.4. The minimum Gasteiger partial charge on any atom is -0.325 e. The lowest BCUT2D eigenvalue weighted by atomic mass is 9.70. The van der Waals surface area contributed by atoms with Crippen LogP contribution in [0.2, 0.25) is 0 Å². The Bertz CT molecular complexity index is 1460. The molecule has 1 aliphatic heterocycles.